The number of amides is 2. The highest BCUT2D eigenvalue weighted by Crippen LogP contribution is 2.44. The summed E-state index contributed by atoms with van der Waals surface area (Å²) in [6.07, 6.45) is 4.13. The number of nitrogens with zero attached hydrogens (tertiary/aromatic N) is 1. The van der Waals surface area contributed by atoms with E-state index in [4.69, 9.17) is 0 Å². The first-order valence-electron chi connectivity index (χ1n) is 6.13. The van der Waals surface area contributed by atoms with Crippen molar-refractivity contribution >= 4 is 23.6 Å². The van der Waals surface area contributed by atoms with Crippen molar-refractivity contribution in [3.8, 4) is 0 Å². The van der Waals surface area contributed by atoms with Gasteiger partial charge in [-0.1, -0.05) is 0 Å². The number of rotatable bonds is 4. The summed E-state index contributed by atoms with van der Waals surface area (Å²) < 4.78 is 0. The fourth-order valence-corrected chi connectivity index (χ4v) is 2.93. The molecule has 0 spiro atoms. The van der Waals surface area contributed by atoms with Gasteiger partial charge in [-0.15, -0.1) is 0 Å². The summed E-state index contributed by atoms with van der Waals surface area (Å²) in [6.45, 7) is 4.35. The Bertz CT molecular complexity index is 343. The highest BCUT2D eigenvalue weighted by molar-refractivity contribution is 7.98. The van der Waals surface area contributed by atoms with Crippen molar-refractivity contribution in [2.45, 2.75) is 38.3 Å². The fourth-order valence-electron chi connectivity index (χ4n) is 2.57. The molecule has 2 aliphatic rings. The highest BCUT2D eigenvalue weighted by Gasteiger charge is 2.56. The van der Waals surface area contributed by atoms with Gasteiger partial charge < -0.3 is 10.2 Å². The molecule has 4 nitrogen and oxygen atoms in total. The van der Waals surface area contributed by atoms with E-state index in [1.54, 1.807) is 18.7 Å². The molecule has 1 heterocycles. The van der Waals surface area contributed by atoms with Gasteiger partial charge in [0.2, 0.25) is 11.8 Å². The third-order valence-electron chi connectivity index (χ3n) is 3.90. The number of hydrogen-bond donors (Lipinski definition) is 1. The molecule has 0 aromatic carbocycles. The Morgan fingerprint density at radius 2 is 2.12 bits per heavy atom. The monoisotopic (exact) mass is 256 g/mol. The van der Waals surface area contributed by atoms with Gasteiger partial charge in [0.1, 0.15) is 11.6 Å². The van der Waals surface area contributed by atoms with Crippen LogP contribution in [0.2, 0.25) is 0 Å². The van der Waals surface area contributed by atoms with E-state index >= 15 is 0 Å². The van der Waals surface area contributed by atoms with Crippen molar-refractivity contribution < 1.29 is 9.59 Å². The smallest absolute Gasteiger partial charge is 0.246 e. The normalized spacial score (nSPS) is 33.8. The van der Waals surface area contributed by atoms with E-state index in [2.05, 4.69) is 5.32 Å². The number of thioether (sulfide) groups is 1. The molecule has 1 aliphatic heterocycles. The summed E-state index contributed by atoms with van der Waals surface area (Å²) in [5, 5.41) is 2.81. The van der Waals surface area contributed by atoms with Gasteiger partial charge in [0, 0.05) is 12.3 Å². The molecule has 1 saturated carbocycles. The number of piperazine rings is 1. The zero-order valence-electron chi connectivity index (χ0n) is 10.7. The molecule has 5 heteroatoms. The third kappa shape index (κ3) is 2.05. The van der Waals surface area contributed by atoms with Crippen LogP contribution < -0.4 is 5.32 Å². The van der Waals surface area contributed by atoms with Gasteiger partial charge in [0.15, 0.2) is 0 Å². The van der Waals surface area contributed by atoms with Crippen molar-refractivity contribution in [3.63, 3.8) is 0 Å². The molecule has 17 heavy (non-hydrogen) atoms. The predicted molar refractivity (Wildman–Crippen MR) is 68.8 cm³/mol. The lowest BCUT2D eigenvalue weighted by molar-refractivity contribution is -0.157. The van der Waals surface area contributed by atoms with Crippen LogP contribution >= 0.6 is 11.8 Å². The van der Waals surface area contributed by atoms with Crippen LogP contribution in [-0.2, 0) is 9.59 Å². The minimum Gasteiger partial charge on any atom is -0.343 e. The van der Waals surface area contributed by atoms with Gasteiger partial charge in [0.05, 0.1) is 0 Å². The Kier molecular flexibility index (Phi) is 3.39. The molecule has 0 aromatic heterocycles. The number of hydrogen-bond acceptors (Lipinski definition) is 3. The molecule has 0 aromatic rings. The van der Waals surface area contributed by atoms with Crippen LogP contribution in [0.5, 0.6) is 0 Å². The lowest BCUT2D eigenvalue weighted by atomic mass is 9.88. The first-order chi connectivity index (χ1) is 8.01. The minimum absolute atomic E-state index is 0.0215. The quantitative estimate of drug-likeness (QED) is 0.812. The summed E-state index contributed by atoms with van der Waals surface area (Å²) in [6, 6.07) is -0.379. The molecule has 2 rings (SSSR count). The molecule has 96 valence electrons. The van der Waals surface area contributed by atoms with Gasteiger partial charge in [-0.2, -0.15) is 11.8 Å². The highest BCUT2D eigenvalue weighted by atomic mass is 32.2. The Morgan fingerprint density at radius 3 is 2.65 bits per heavy atom. The van der Waals surface area contributed by atoms with Crippen molar-refractivity contribution in [2.24, 2.45) is 5.92 Å². The second kappa shape index (κ2) is 4.52. The molecule has 1 N–H and O–H groups in total. The lowest BCUT2D eigenvalue weighted by Gasteiger charge is -2.46. The molecule has 2 amide bonds. The van der Waals surface area contributed by atoms with E-state index in [0.717, 1.165) is 18.6 Å². The van der Waals surface area contributed by atoms with E-state index in [-0.39, 0.29) is 17.9 Å². The Balaban J connectivity index is 2.24. The predicted octanol–water partition coefficient (Wildman–Crippen LogP) is 0.865. The molecular formula is C12H20N2O2S. The standard InChI is InChI=1S/C12H20N2O2S/c1-8-10(15)14(6-7-17-3)12(2,9-4-5-9)11(16)13-8/h8-9H,4-7H2,1-3H3,(H,13,16). The van der Waals surface area contributed by atoms with Crippen LogP contribution in [0.15, 0.2) is 0 Å². The maximum Gasteiger partial charge on any atom is 0.246 e. The minimum atomic E-state index is -0.612. The van der Waals surface area contributed by atoms with Crippen LogP contribution in [0.4, 0.5) is 0 Å². The van der Waals surface area contributed by atoms with Gasteiger partial charge in [-0.05, 0) is 38.9 Å². The van der Waals surface area contributed by atoms with Crippen molar-refractivity contribution in [3.05, 3.63) is 0 Å². The molecular weight excluding hydrogens is 236 g/mol. The van der Waals surface area contributed by atoms with Crippen LogP contribution in [0.25, 0.3) is 0 Å². The topological polar surface area (TPSA) is 49.4 Å². The zero-order chi connectivity index (χ0) is 12.6. The van der Waals surface area contributed by atoms with Gasteiger partial charge in [-0.3, -0.25) is 9.59 Å². The summed E-state index contributed by atoms with van der Waals surface area (Å²) >= 11 is 1.71. The van der Waals surface area contributed by atoms with Crippen molar-refractivity contribution in [1.29, 1.82) is 0 Å². The van der Waals surface area contributed by atoms with Crippen LogP contribution in [-0.4, -0.2) is 46.8 Å². The number of nitrogens with one attached hydrogen (secondary N) is 1. The molecule has 2 unspecified atom stereocenters. The molecule has 1 aliphatic carbocycles. The summed E-state index contributed by atoms with van der Waals surface area (Å²) in [5.74, 6) is 1.32. The summed E-state index contributed by atoms with van der Waals surface area (Å²) in [4.78, 5) is 26.3. The van der Waals surface area contributed by atoms with Crippen molar-refractivity contribution in [1.82, 2.24) is 10.2 Å². The number of carbonyl (C=O) groups is 2. The Hall–Kier alpha value is -0.710. The van der Waals surface area contributed by atoms with E-state index in [9.17, 15) is 9.59 Å². The second-order valence-corrected chi connectivity index (χ2v) is 6.09. The molecule has 2 fully saturated rings. The lowest BCUT2D eigenvalue weighted by Crippen LogP contribution is -2.70. The Morgan fingerprint density at radius 1 is 1.47 bits per heavy atom. The van der Waals surface area contributed by atoms with Crippen LogP contribution in [0.3, 0.4) is 0 Å². The van der Waals surface area contributed by atoms with Crippen LogP contribution in [0, 0.1) is 5.92 Å². The zero-order valence-corrected chi connectivity index (χ0v) is 11.5. The van der Waals surface area contributed by atoms with E-state index in [1.165, 1.54) is 0 Å². The molecule has 2 atom stereocenters. The van der Waals surface area contributed by atoms with Gasteiger partial charge in [0.25, 0.3) is 0 Å². The second-order valence-electron chi connectivity index (χ2n) is 5.10. The fraction of sp³-hybridized carbons (Fsp3) is 0.833. The van der Waals surface area contributed by atoms with E-state index in [1.807, 2.05) is 18.1 Å². The molecule has 0 radical (unpaired) electrons. The number of carbonyl (C=O) groups excluding carboxylic acids is 2. The molecule has 1 saturated heterocycles. The SMILES string of the molecule is CSCCN1C(=O)C(C)NC(=O)C1(C)C1CC1. The first kappa shape index (κ1) is 12.7. The third-order valence-corrected chi connectivity index (χ3v) is 4.49. The molecule has 0 bridgehead atoms. The van der Waals surface area contributed by atoms with Gasteiger partial charge in [-0.25, -0.2) is 0 Å². The average Bonchev–Trinajstić information content (AvgIpc) is 3.10. The maximum absolute atomic E-state index is 12.2. The average molecular weight is 256 g/mol. The van der Waals surface area contributed by atoms with Crippen LogP contribution in [0.1, 0.15) is 26.7 Å². The van der Waals surface area contributed by atoms with E-state index < -0.39 is 5.54 Å². The largest absolute Gasteiger partial charge is 0.343 e. The van der Waals surface area contributed by atoms with Gasteiger partial charge >= 0.3 is 0 Å². The summed E-state index contributed by atoms with van der Waals surface area (Å²) in [5.41, 5.74) is -0.612. The van der Waals surface area contributed by atoms with Crippen molar-refractivity contribution in [2.75, 3.05) is 18.6 Å². The first-order valence-corrected chi connectivity index (χ1v) is 7.52. The van der Waals surface area contributed by atoms with E-state index in [0.29, 0.717) is 12.5 Å². The Labute approximate surface area is 106 Å². The maximum atomic E-state index is 12.2. The summed E-state index contributed by atoms with van der Waals surface area (Å²) in [7, 11) is 0.